The maximum absolute atomic E-state index is 11.8. The summed E-state index contributed by atoms with van der Waals surface area (Å²) in [7, 11) is -4.68. The van der Waals surface area contributed by atoms with Crippen molar-refractivity contribution >= 4 is 21.9 Å². The molecule has 0 aromatic heterocycles. The molecule has 1 amide bonds. The molecule has 1 aromatic rings. The summed E-state index contributed by atoms with van der Waals surface area (Å²) < 4.78 is 33.3. The molecule has 7 heteroatoms. The first kappa shape index (κ1) is 20.6. The van der Waals surface area contributed by atoms with Crippen LogP contribution in [0.2, 0.25) is 0 Å². The number of carbonyl (C=O) groups excluding carboxylic acids is 1. The van der Waals surface area contributed by atoms with Crippen LogP contribution in [0.1, 0.15) is 57.1 Å². The van der Waals surface area contributed by atoms with Crippen LogP contribution in [-0.2, 0) is 26.9 Å². The Balaban J connectivity index is 1.78. The van der Waals surface area contributed by atoms with Crippen molar-refractivity contribution in [2.75, 3.05) is 4.31 Å². The maximum atomic E-state index is 11.8. The van der Waals surface area contributed by atoms with Crippen molar-refractivity contribution in [3.8, 4) is 0 Å². The summed E-state index contributed by atoms with van der Waals surface area (Å²) >= 11 is 0. The summed E-state index contributed by atoms with van der Waals surface area (Å²) in [4.78, 5) is 11.8. The van der Waals surface area contributed by atoms with Crippen LogP contribution in [0, 0.1) is 17.3 Å². The first-order chi connectivity index (χ1) is 13.5. The number of nitrogens with zero attached hydrogens (tertiary/aromatic N) is 1. The second-order valence-corrected chi connectivity index (χ2v) is 10.6. The molecule has 4 unspecified atom stereocenters. The lowest BCUT2D eigenvalue weighted by Gasteiger charge is -2.55. The van der Waals surface area contributed by atoms with E-state index in [0.29, 0.717) is 16.1 Å². The van der Waals surface area contributed by atoms with Gasteiger partial charge in [-0.3, -0.25) is 9.35 Å². The molecular formula is C22H29NO5S. The second kappa shape index (κ2) is 6.65. The minimum Gasteiger partial charge on any atom is -0.393 e. The van der Waals surface area contributed by atoms with E-state index in [0.717, 1.165) is 56.6 Å². The molecule has 1 aromatic carbocycles. The van der Waals surface area contributed by atoms with Crippen LogP contribution in [0.4, 0.5) is 5.69 Å². The number of fused-ring (bicyclic) bond motifs is 5. The van der Waals surface area contributed by atoms with Crippen molar-refractivity contribution in [2.45, 2.75) is 63.9 Å². The van der Waals surface area contributed by atoms with Crippen LogP contribution in [-0.4, -0.2) is 30.1 Å². The number of aliphatic hydroxyl groups excluding tert-OH is 1. The Bertz CT molecular complexity index is 973. The standard InChI is InChI=1S/C22H29NO5S/c1-4-22-10-9-21(3)13-17(25)12-20(21)19(22)7-5-15-11-16(6-8-18(15)22)23(14(2)24)29(26,27)28/h4,6,8,11,17,19-20,25H,1,5,7,9-10,12-13H2,2-3H3,(H,26,27,28)/t17?,19?,20?,21-,22?/m1/s1. The van der Waals surface area contributed by atoms with Crippen LogP contribution >= 0.6 is 0 Å². The van der Waals surface area contributed by atoms with Crippen molar-refractivity contribution in [1.29, 1.82) is 0 Å². The number of amides is 1. The summed E-state index contributed by atoms with van der Waals surface area (Å²) in [6, 6.07) is 5.20. The van der Waals surface area contributed by atoms with Gasteiger partial charge in [-0.25, -0.2) is 0 Å². The minimum atomic E-state index is -4.68. The number of allylic oxidation sites excluding steroid dienone is 1. The van der Waals surface area contributed by atoms with Crippen molar-refractivity contribution in [3.05, 3.63) is 42.0 Å². The normalized spacial score (nSPS) is 35.9. The molecule has 0 spiro atoms. The molecule has 158 valence electrons. The van der Waals surface area contributed by atoms with Crippen LogP contribution in [0.3, 0.4) is 0 Å². The molecule has 0 heterocycles. The van der Waals surface area contributed by atoms with E-state index in [1.807, 2.05) is 12.1 Å². The molecule has 0 saturated heterocycles. The Hall–Kier alpha value is -1.70. The zero-order chi connectivity index (χ0) is 21.2. The SMILES string of the molecule is C=CC12CC[C@]3(C)CC(O)CC3C1CCc1cc(N(C(C)=O)S(=O)(=O)O)ccc12. The van der Waals surface area contributed by atoms with Gasteiger partial charge in [-0.05, 0) is 79.0 Å². The van der Waals surface area contributed by atoms with Gasteiger partial charge in [0.25, 0.3) is 0 Å². The number of anilines is 1. The van der Waals surface area contributed by atoms with E-state index in [1.165, 1.54) is 0 Å². The Morgan fingerprint density at radius 2 is 2.03 bits per heavy atom. The predicted octanol–water partition coefficient (Wildman–Crippen LogP) is 3.40. The topological polar surface area (TPSA) is 94.9 Å². The van der Waals surface area contributed by atoms with Gasteiger partial charge in [-0.1, -0.05) is 19.1 Å². The highest BCUT2D eigenvalue weighted by atomic mass is 32.2. The zero-order valence-electron chi connectivity index (χ0n) is 17.0. The predicted molar refractivity (Wildman–Crippen MR) is 111 cm³/mol. The van der Waals surface area contributed by atoms with E-state index in [1.54, 1.807) is 12.1 Å². The molecule has 2 N–H and O–H groups in total. The first-order valence-corrected chi connectivity index (χ1v) is 11.6. The number of hydrogen-bond donors (Lipinski definition) is 2. The van der Waals surface area contributed by atoms with E-state index in [9.17, 15) is 22.9 Å². The van der Waals surface area contributed by atoms with Crippen LogP contribution in [0.25, 0.3) is 0 Å². The van der Waals surface area contributed by atoms with E-state index in [4.69, 9.17) is 0 Å². The van der Waals surface area contributed by atoms with Gasteiger partial charge in [-0.15, -0.1) is 6.58 Å². The van der Waals surface area contributed by atoms with Crippen LogP contribution in [0.15, 0.2) is 30.9 Å². The Labute approximate surface area is 172 Å². The minimum absolute atomic E-state index is 0.157. The molecular weight excluding hydrogens is 390 g/mol. The fourth-order valence-corrected chi connectivity index (χ4v) is 7.34. The van der Waals surface area contributed by atoms with E-state index in [2.05, 4.69) is 13.5 Å². The summed E-state index contributed by atoms with van der Waals surface area (Å²) in [5.41, 5.74) is 2.24. The number of carbonyl (C=O) groups is 1. The van der Waals surface area contributed by atoms with Crippen molar-refractivity contribution < 1.29 is 22.9 Å². The van der Waals surface area contributed by atoms with Crippen LogP contribution in [0.5, 0.6) is 0 Å². The maximum Gasteiger partial charge on any atom is 0.366 e. The molecule has 4 rings (SSSR count). The number of benzene rings is 1. The Morgan fingerprint density at radius 3 is 2.66 bits per heavy atom. The molecule has 2 saturated carbocycles. The number of hydrogen-bond acceptors (Lipinski definition) is 4. The molecule has 0 radical (unpaired) electrons. The van der Waals surface area contributed by atoms with Gasteiger partial charge in [0.2, 0.25) is 5.91 Å². The van der Waals surface area contributed by atoms with E-state index >= 15 is 0 Å². The van der Waals surface area contributed by atoms with Gasteiger partial charge < -0.3 is 5.11 Å². The smallest absolute Gasteiger partial charge is 0.366 e. The molecule has 3 aliphatic carbocycles. The molecule has 2 fully saturated rings. The van der Waals surface area contributed by atoms with Gasteiger partial charge in [0.1, 0.15) is 0 Å². The molecule has 3 aliphatic rings. The third-order valence-corrected chi connectivity index (χ3v) is 8.74. The highest BCUT2D eigenvalue weighted by molar-refractivity contribution is 7.88. The van der Waals surface area contributed by atoms with Crippen molar-refractivity contribution in [3.63, 3.8) is 0 Å². The fraction of sp³-hybridized carbons (Fsp3) is 0.591. The number of rotatable bonds is 3. The van der Waals surface area contributed by atoms with Gasteiger partial charge >= 0.3 is 10.3 Å². The summed E-state index contributed by atoms with van der Waals surface area (Å²) in [5, 5.41) is 10.3. The third kappa shape index (κ3) is 3.05. The van der Waals surface area contributed by atoms with Gasteiger partial charge in [0.15, 0.2) is 0 Å². The average Bonchev–Trinajstić information content (AvgIpc) is 2.93. The van der Waals surface area contributed by atoms with Gasteiger partial charge in [0, 0.05) is 12.3 Å². The number of aryl methyl sites for hydroxylation is 1. The largest absolute Gasteiger partial charge is 0.393 e. The summed E-state index contributed by atoms with van der Waals surface area (Å²) in [6.45, 7) is 7.59. The van der Waals surface area contributed by atoms with Crippen molar-refractivity contribution in [1.82, 2.24) is 0 Å². The van der Waals surface area contributed by atoms with Crippen LogP contribution < -0.4 is 4.31 Å². The van der Waals surface area contributed by atoms with E-state index in [-0.39, 0.29) is 22.6 Å². The quantitative estimate of drug-likeness (QED) is 0.578. The van der Waals surface area contributed by atoms with Crippen molar-refractivity contribution in [2.24, 2.45) is 17.3 Å². The van der Waals surface area contributed by atoms with Gasteiger partial charge in [0.05, 0.1) is 11.8 Å². The first-order valence-electron chi connectivity index (χ1n) is 10.3. The molecule has 29 heavy (non-hydrogen) atoms. The lowest BCUT2D eigenvalue weighted by Crippen LogP contribution is -2.49. The van der Waals surface area contributed by atoms with Gasteiger partial charge in [-0.2, -0.15) is 12.7 Å². The average molecular weight is 420 g/mol. The second-order valence-electron chi connectivity index (χ2n) is 9.35. The monoisotopic (exact) mass is 419 g/mol. The fourth-order valence-electron chi connectivity index (χ4n) is 6.64. The summed E-state index contributed by atoms with van der Waals surface area (Å²) in [6.07, 6.45) is 7.15. The Morgan fingerprint density at radius 1 is 1.31 bits per heavy atom. The van der Waals surface area contributed by atoms with E-state index < -0.39 is 16.2 Å². The molecule has 6 nitrogen and oxygen atoms in total. The summed E-state index contributed by atoms with van der Waals surface area (Å²) in [5.74, 6) is 0.0660. The number of aliphatic hydroxyl groups is 1. The lowest BCUT2D eigenvalue weighted by molar-refractivity contribution is -0.115. The molecule has 0 aliphatic heterocycles. The lowest BCUT2D eigenvalue weighted by atomic mass is 9.49. The highest BCUT2D eigenvalue weighted by Gasteiger charge is 2.57. The highest BCUT2D eigenvalue weighted by Crippen LogP contribution is 2.63. The third-order valence-electron chi connectivity index (χ3n) is 7.81. The Kier molecular flexibility index (Phi) is 4.72. The molecule has 0 bridgehead atoms. The zero-order valence-corrected chi connectivity index (χ0v) is 17.8. The molecule has 5 atom stereocenters.